The van der Waals surface area contributed by atoms with Gasteiger partial charge in [0.2, 0.25) is 0 Å². The van der Waals surface area contributed by atoms with Gasteiger partial charge in [0.15, 0.2) is 0 Å². The number of fused-ring (bicyclic) bond motifs is 3. The van der Waals surface area contributed by atoms with Gasteiger partial charge in [0.1, 0.15) is 0 Å². The highest BCUT2D eigenvalue weighted by Gasteiger charge is 2.52. The Bertz CT molecular complexity index is 1030. The van der Waals surface area contributed by atoms with Gasteiger partial charge in [-0.2, -0.15) is 0 Å². The predicted octanol–water partition coefficient (Wildman–Crippen LogP) is 8.29. The number of benzene rings is 2. The Morgan fingerprint density at radius 2 is 1.55 bits per heavy atom. The van der Waals surface area contributed by atoms with Crippen LogP contribution in [-0.4, -0.2) is 0 Å². The lowest BCUT2D eigenvalue weighted by molar-refractivity contribution is -0.00523. The van der Waals surface area contributed by atoms with Crippen molar-refractivity contribution in [2.75, 3.05) is 5.32 Å². The van der Waals surface area contributed by atoms with E-state index in [1.54, 1.807) is 5.56 Å². The minimum atomic E-state index is 0.152. The van der Waals surface area contributed by atoms with Crippen LogP contribution in [0.4, 0.5) is 5.69 Å². The molecule has 2 aromatic carbocycles. The molecule has 8 rings (SSSR count). The highest BCUT2D eigenvalue weighted by atomic mass is 35.5. The van der Waals surface area contributed by atoms with Crippen LogP contribution in [0.25, 0.3) is 0 Å². The monoisotopic (exact) mass is 449 g/mol. The molecule has 1 nitrogen and oxygen atoms in total. The van der Waals surface area contributed by atoms with Crippen molar-refractivity contribution in [1.29, 1.82) is 0 Å². The fourth-order valence-corrected chi connectivity index (χ4v) is 9.11. The van der Waals surface area contributed by atoms with Crippen LogP contribution in [0.15, 0.2) is 48.6 Å². The summed E-state index contributed by atoms with van der Waals surface area (Å²) in [4.78, 5) is 0. The van der Waals surface area contributed by atoms with Gasteiger partial charge in [-0.05, 0) is 103 Å². The zero-order valence-corrected chi connectivity index (χ0v) is 19.3. The molecule has 1 N–H and O–H groups in total. The second-order valence-corrected chi connectivity index (χ2v) is 11.9. The van der Waals surface area contributed by atoms with Crippen LogP contribution in [0.3, 0.4) is 0 Å². The predicted molar refractivity (Wildman–Crippen MR) is 129 cm³/mol. The lowest BCUT2D eigenvalue weighted by Gasteiger charge is -2.57. The molecular weight excluding hydrogens is 421 g/mol. The summed E-state index contributed by atoms with van der Waals surface area (Å²) in [5, 5.41) is 5.39. The van der Waals surface area contributed by atoms with Gasteiger partial charge >= 0.3 is 0 Å². The zero-order valence-electron chi connectivity index (χ0n) is 17.8. The van der Waals surface area contributed by atoms with E-state index in [1.807, 2.05) is 18.2 Å². The average molecular weight is 450 g/mol. The molecule has 0 radical (unpaired) electrons. The van der Waals surface area contributed by atoms with Gasteiger partial charge in [0.25, 0.3) is 0 Å². The van der Waals surface area contributed by atoms with Crippen molar-refractivity contribution in [2.24, 2.45) is 23.7 Å². The molecule has 0 spiro atoms. The number of allylic oxidation sites excluding steroid dienone is 2. The molecule has 0 unspecified atom stereocenters. The number of rotatable bonds is 2. The van der Waals surface area contributed by atoms with Crippen LogP contribution in [0, 0.1) is 23.7 Å². The van der Waals surface area contributed by atoms with Gasteiger partial charge in [-0.3, -0.25) is 0 Å². The normalized spacial score (nSPS) is 39.3. The number of halogens is 2. The largest absolute Gasteiger partial charge is 0.378 e. The summed E-state index contributed by atoms with van der Waals surface area (Å²) < 4.78 is 0. The van der Waals surface area contributed by atoms with Crippen molar-refractivity contribution in [3.8, 4) is 0 Å². The third-order valence-electron chi connectivity index (χ3n) is 9.32. The van der Waals surface area contributed by atoms with Gasteiger partial charge < -0.3 is 5.32 Å². The van der Waals surface area contributed by atoms with Gasteiger partial charge in [-0.15, -0.1) is 0 Å². The first kappa shape index (κ1) is 19.1. The van der Waals surface area contributed by atoms with Crippen LogP contribution in [0.1, 0.15) is 73.6 Å². The van der Waals surface area contributed by atoms with Gasteiger partial charge in [-0.1, -0.05) is 53.6 Å². The molecule has 3 heteroatoms. The molecule has 160 valence electrons. The lowest BCUT2D eigenvalue weighted by atomic mass is 9.48. The van der Waals surface area contributed by atoms with Crippen LogP contribution < -0.4 is 5.32 Å². The number of nitrogens with one attached hydrogen (secondary N) is 1. The Labute approximate surface area is 195 Å². The van der Waals surface area contributed by atoms with E-state index in [-0.39, 0.29) is 6.04 Å². The van der Waals surface area contributed by atoms with Crippen molar-refractivity contribution >= 4 is 28.9 Å². The number of hydrogen-bond donors (Lipinski definition) is 1. The molecule has 4 fully saturated rings. The molecule has 0 saturated heterocycles. The second-order valence-electron chi connectivity index (χ2n) is 11.1. The molecule has 1 aliphatic heterocycles. The molecular formula is C28H29Cl2N. The van der Waals surface area contributed by atoms with Crippen LogP contribution in [0.2, 0.25) is 10.0 Å². The number of hydrogen-bond acceptors (Lipinski definition) is 1. The maximum atomic E-state index is 6.64. The first-order valence-electron chi connectivity index (χ1n) is 12.1. The Morgan fingerprint density at radius 1 is 0.871 bits per heavy atom. The van der Waals surface area contributed by atoms with E-state index in [4.69, 9.17) is 23.2 Å². The average Bonchev–Trinajstić information content (AvgIpc) is 3.23. The van der Waals surface area contributed by atoms with E-state index < -0.39 is 0 Å². The Balaban J connectivity index is 1.29. The quantitative estimate of drug-likeness (QED) is 0.454. The summed E-state index contributed by atoms with van der Waals surface area (Å²) in [5.41, 5.74) is 5.89. The van der Waals surface area contributed by atoms with Crippen molar-refractivity contribution in [1.82, 2.24) is 0 Å². The van der Waals surface area contributed by atoms with Crippen LogP contribution in [0.5, 0.6) is 0 Å². The smallest absolute Gasteiger partial charge is 0.0583 e. The number of anilines is 1. The van der Waals surface area contributed by atoms with E-state index in [9.17, 15) is 0 Å². The van der Waals surface area contributed by atoms with Crippen molar-refractivity contribution < 1.29 is 0 Å². The summed E-state index contributed by atoms with van der Waals surface area (Å²) in [6, 6.07) is 13.4. The summed E-state index contributed by atoms with van der Waals surface area (Å²) >= 11 is 13.3. The van der Waals surface area contributed by atoms with Crippen LogP contribution >= 0.6 is 23.2 Å². The van der Waals surface area contributed by atoms with Gasteiger partial charge in [0.05, 0.1) is 6.04 Å². The van der Waals surface area contributed by atoms with E-state index in [2.05, 4.69) is 35.7 Å². The fraction of sp³-hybridized carbons (Fsp3) is 0.500. The first-order chi connectivity index (χ1) is 15.1. The fourth-order valence-electron chi connectivity index (χ4n) is 8.48. The van der Waals surface area contributed by atoms with Crippen molar-refractivity contribution in [2.45, 2.75) is 62.3 Å². The van der Waals surface area contributed by atoms with E-state index in [0.717, 1.165) is 39.8 Å². The minimum Gasteiger partial charge on any atom is -0.378 e. The maximum Gasteiger partial charge on any atom is 0.0583 e. The van der Waals surface area contributed by atoms with E-state index in [0.29, 0.717) is 17.3 Å². The molecule has 3 atom stereocenters. The molecule has 31 heavy (non-hydrogen) atoms. The van der Waals surface area contributed by atoms with Crippen molar-refractivity contribution in [3.63, 3.8) is 0 Å². The highest BCUT2D eigenvalue weighted by molar-refractivity contribution is 6.36. The van der Waals surface area contributed by atoms with Gasteiger partial charge in [0, 0.05) is 27.2 Å². The zero-order chi connectivity index (χ0) is 20.7. The molecule has 1 heterocycles. The Kier molecular flexibility index (Phi) is 4.17. The standard InChI is InChI=1S/C28H29Cl2N/c29-23-5-2-6-24(30)26(23)27-21-4-1-3-20(21)22-12-19(7-8-25(22)31-27)28-13-16-9-17(14-28)11-18(10-16)15-28/h1-3,5-8,12,16-18,20-21,27,31H,4,9-11,13-15H2/t16?,17?,18?,20-,21+,27-,28?/m1/s1. The van der Waals surface area contributed by atoms with Crippen molar-refractivity contribution in [3.05, 3.63) is 75.3 Å². The third-order valence-corrected chi connectivity index (χ3v) is 9.98. The Hall–Kier alpha value is -1.44. The molecule has 6 aliphatic rings. The van der Waals surface area contributed by atoms with E-state index >= 15 is 0 Å². The summed E-state index contributed by atoms with van der Waals surface area (Å²) in [7, 11) is 0. The molecule has 0 aromatic heterocycles. The summed E-state index contributed by atoms with van der Waals surface area (Å²) in [6.45, 7) is 0. The second kappa shape index (κ2) is 6.78. The third kappa shape index (κ3) is 2.82. The lowest BCUT2D eigenvalue weighted by Crippen LogP contribution is -2.48. The first-order valence-corrected chi connectivity index (χ1v) is 12.9. The summed E-state index contributed by atoms with van der Waals surface area (Å²) in [6.07, 6.45) is 14.6. The van der Waals surface area contributed by atoms with Crippen LogP contribution in [-0.2, 0) is 5.41 Å². The van der Waals surface area contributed by atoms with Gasteiger partial charge in [-0.25, -0.2) is 0 Å². The topological polar surface area (TPSA) is 12.0 Å². The molecule has 0 amide bonds. The maximum absolute atomic E-state index is 6.64. The van der Waals surface area contributed by atoms with E-state index in [1.165, 1.54) is 49.8 Å². The molecule has 4 saturated carbocycles. The molecule has 5 aliphatic carbocycles. The minimum absolute atomic E-state index is 0.152. The SMILES string of the molecule is Clc1cccc(Cl)c1[C@@H]1Nc2ccc(C34CC5CC(CC(C5)C3)C4)cc2[C@@H]2C=CC[C@@H]21. The molecule has 2 aromatic rings. The molecule has 4 bridgehead atoms. The summed E-state index contributed by atoms with van der Waals surface area (Å²) in [5.74, 6) is 3.85. The Morgan fingerprint density at radius 3 is 2.23 bits per heavy atom. The highest BCUT2D eigenvalue weighted by Crippen LogP contribution is 2.61.